The van der Waals surface area contributed by atoms with Gasteiger partial charge in [0.1, 0.15) is 17.0 Å². The van der Waals surface area contributed by atoms with E-state index in [1.54, 1.807) is 0 Å². The van der Waals surface area contributed by atoms with Gasteiger partial charge in [0.15, 0.2) is 0 Å². The van der Waals surface area contributed by atoms with Gasteiger partial charge in [-0.25, -0.2) is 4.98 Å². The van der Waals surface area contributed by atoms with Crippen LogP contribution in [0.5, 0.6) is 0 Å². The Hall–Kier alpha value is -7.31. The van der Waals surface area contributed by atoms with E-state index in [1.807, 2.05) is 0 Å². The van der Waals surface area contributed by atoms with E-state index in [9.17, 15) is 0 Å². The molecule has 2 aliphatic heterocycles. The summed E-state index contributed by atoms with van der Waals surface area (Å²) in [4.78, 5) is 8.05. The van der Waals surface area contributed by atoms with Gasteiger partial charge in [-0.15, -0.1) is 0 Å². The van der Waals surface area contributed by atoms with Gasteiger partial charge in [0.2, 0.25) is 0 Å². The maximum Gasteiger partial charge on any atom is 0.333 e. The molecule has 0 bridgehead atoms. The Bertz CT molecular complexity index is 3980. The number of hydrogen-bond acceptors (Lipinski definition) is 3. The highest BCUT2D eigenvalue weighted by Crippen LogP contribution is 2.53. The summed E-state index contributed by atoms with van der Waals surface area (Å²) in [6.07, 6.45) is 0. The Balaban J connectivity index is 1.13. The predicted molar refractivity (Wildman–Crippen MR) is 282 cm³/mol. The van der Waals surface area contributed by atoms with Gasteiger partial charge in [-0.3, -0.25) is 0 Å². The summed E-state index contributed by atoms with van der Waals surface area (Å²) in [5, 5.41) is 4.86. The molecule has 324 valence electrons. The van der Waals surface area contributed by atoms with Gasteiger partial charge in [0.25, 0.3) is 0 Å². The van der Waals surface area contributed by atoms with E-state index in [1.165, 1.54) is 82.9 Å². The fourth-order valence-corrected chi connectivity index (χ4v) is 12.3. The lowest BCUT2D eigenvalue weighted by molar-refractivity contribution is 0.590. The van der Waals surface area contributed by atoms with Gasteiger partial charge in [-0.05, 0) is 115 Å². The Kier molecular flexibility index (Phi) is 7.42. The molecule has 3 aliphatic rings. The van der Waals surface area contributed by atoms with Crippen LogP contribution in [0, 0.1) is 0 Å². The number of nitrogens with zero attached hydrogens (tertiary/aromatic N) is 4. The first kappa shape index (κ1) is 38.9. The van der Waals surface area contributed by atoms with Crippen molar-refractivity contribution in [3.8, 4) is 39.3 Å². The molecule has 0 radical (unpaired) electrons. The summed E-state index contributed by atoms with van der Waals surface area (Å²) in [6.45, 7) is 18.4. The monoisotopic (exact) mass is 866 g/mol. The normalized spacial score (nSPS) is 14.7. The molecule has 3 aromatic heterocycles. The number of imidazole rings is 1. The Morgan fingerprint density at radius 2 is 1.27 bits per heavy atom. The van der Waals surface area contributed by atoms with Crippen molar-refractivity contribution in [2.75, 3.05) is 4.81 Å². The minimum atomic E-state index is -0.164. The highest BCUT2D eigenvalue weighted by Gasteiger charge is 2.45. The summed E-state index contributed by atoms with van der Waals surface area (Å²) < 4.78 is 11.7. The molecule has 0 N–H and O–H groups in total. The third-order valence-electron chi connectivity index (χ3n) is 15.8. The minimum absolute atomic E-state index is 0.00360. The lowest BCUT2D eigenvalue weighted by Crippen LogP contribution is -2.60. The summed E-state index contributed by atoms with van der Waals surface area (Å²) in [5.41, 5.74) is 24.0. The van der Waals surface area contributed by atoms with Gasteiger partial charge >= 0.3 is 6.85 Å². The van der Waals surface area contributed by atoms with Crippen LogP contribution < -0.4 is 15.7 Å². The SMILES string of the molecule is Cn1c(-c2ccccc2)nc2cc3c(cc21)-n1c2cc4c(cc2c2ccc5c(c21)B3N(c1ccc(C(C)(C)C)cc1)c1cc2oc3ccc(C(C)(C)C)cc3c2cc1-5)-c1ccccc1C4(C)C. The number of furan rings is 1. The zero-order valence-corrected chi connectivity index (χ0v) is 39.6. The van der Waals surface area contributed by atoms with E-state index in [0.717, 1.165) is 55.7 Å². The first-order valence-corrected chi connectivity index (χ1v) is 23.9. The number of aryl methyl sites for hydroxylation is 1. The third-order valence-corrected chi connectivity index (χ3v) is 15.8. The van der Waals surface area contributed by atoms with Crippen molar-refractivity contribution in [2.24, 2.45) is 7.05 Å². The van der Waals surface area contributed by atoms with Crippen LogP contribution in [0.3, 0.4) is 0 Å². The number of rotatable bonds is 2. The second-order valence-corrected chi connectivity index (χ2v) is 22.1. The molecule has 11 aromatic rings. The molecule has 0 fully saturated rings. The van der Waals surface area contributed by atoms with Crippen molar-refractivity contribution >= 4 is 83.9 Å². The second-order valence-electron chi connectivity index (χ2n) is 22.1. The highest BCUT2D eigenvalue weighted by atomic mass is 16.3. The average molecular weight is 867 g/mol. The van der Waals surface area contributed by atoms with Crippen LogP contribution in [0.4, 0.5) is 11.4 Å². The van der Waals surface area contributed by atoms with Crippen LogP contribution in [0.1, 0.15) is 77.6 Å². The zero-order valence-electron chi connectivity index (χ0n) is 39.6. The lowest BCUT2D eigenvalue weighted by Gasteiger charge is -2.42. The van der Waals surface area contributed by atoms with E-state index < -0.39 is 0 Å². The first-order valence-electron chi connectivity index (χ1n) is 23.9. The number of fused-ring (bicyclic) bond motifs is 15. The van der Waals surface area contributed by atoms with Crippen LogP contribution in [0.25, 0.3) is 94.1 Å². The molecule has 8 aromatic carbocycles. The van der Waals surface area contributed by atoms with Gasteiger partial charge in [-0.1, -0.05) is 140 Å². The standard InChI is InChI=1S/C61H51BN4O/c1-59(2,3)35-19-22-37(23-20-35)66-51-33-55-45(44-27-36(60(4,5)6)21-26-54(44)67-55)29-42(51)39-24-25-40-43-28-41-38-17-13-14-18-46(38)61(7,8)47(41)30-50(43)65-52-32-53-49(31-48(52)62(66)56(39)57(40)65)63-58(64(53)9)34-15-11-10-12-16-34/h10-33H,1-9H3. The molecule has 0 spiro atoms. The van der Waals surface area contributed by atoms with E-state index in [4.69, 9.17) is 9.40 Å². The van der Waals surface area contributed by atoms with Crippen molar-refractivity contribution in [3.63, 3.8) is 0 Å². The molecular formula is C61H51BN4O. The zero-order chi connectivity index (χ0) is 45.6. The first-order chi connectivity index (χ1) is 32.1. The molecule has 0 saturated carbocycles. The highest BCUT2D eigenvalue weighted by molar-refractivity contribution is 6.94. The Morgan fingerprint density at radius 3 is 2.04 bits per heavy atom. The Morgan fingerprint density at radius 1 is 0.552 bits per heavy atom. The van der Waals surface area contributed by atoms with Gasteiger partial charge < -0.3 is 18.4 Å². The second kappa shape index (κ2) is 12.8. The maximum atomic E-state index is 6.83. The van der Waals surface area contributed by atoms with Crippen LogP contribution in [-0.2, 0) is 23.3 Å². The number of benzene rings is 8. The summed E-state index contributed by atoms with van der Waals surface area (Å²) in [6, 6.07) is 55.2. The quantitative estimate of drug-likeness (QED) is 0.163. The Labute approximate surface area is 391 Å². The van der Waals surface area contributed by atoms with E-state index in [0.29, 0.717) is 0 Å². The van der Waals surface area contributed by atoms with Gasteiger partial charge in [0, 0.05) is 68.3 Å². The molecule has 14 rings (SSSR count). The number of anilines is 2. The van der Waals surface area contributed by atoms with Crippen LogP contribution in [0.15, 0.2) is 150 Å². The predicted octanol–water partition coefficient (Wildman–Crippen LogP) is 14.4. The molecule has 0 amide bonds. The molecule has 0 atom stereocenters. The largest absolute Gasteiger partial charge is 0.456 e. The molecule has 0 saturated heterocycles. The fraction of sp³-hybridized carbons (Fsp3) is 0.197. The lowest BCUT2D eigenvalue weighted by atomic mass is 9.44. The van der Waals surface area contributed by atoms with E-state index >= 15 is 0 Å². The third kappa shape index (κ3) is 5.13. The van der Waals surface area contributed by atoms with Crippen LogP contribution in [0.2, 0.25) is 0 Å². The minimum Gasteiger partial charge on any atom is -0.456 e. The van der Waals surface area contributed by atoms with Gasteiger partial charge in [-0.2, -0.15) is 0 Å². The molecule has 67 heavy (non-hydrogen) atoms. The number of aromatic nitrogens is 3. The van der Waals surface area contributed by atoms with Gasteiger partial charge in [0.05, 0.1) is 22.1 Å². The van der Waals surface area contributed by atoms with Crippen LogP contribution >= 0.6 is 0 Å². The van der Waals surface area contributed by atoms with Crippen molar-refractivity contribution in [1.82, 2.24) is 14.1 Å². The molecule has 0 unspecified atom stereocenters. The molecular weight excluding hydrogens is 816 g/mol. The maximum absolute atomic E-state index is 6.83. The van der Waals surface area contributed by atoms with Crippen molar-refractivity contribution < 1.29 is 4.42 Å². The van der Waals surface area contributed by atoms with E-state index in [2.05, 4.69) is 222 Å². The van der Waals surface area contributed by atoms with E-state index in [-0.39, 0.29) is 23.1 Å². The average Bonchev–Trinajstić information content (AvgIpc) is 4.02. The fourth-order valence-electron chi connectivity index (χ4n) is 12.3. The van der Waals surface area contributed by atoms with Crippen molar-refractivity contribution in [3.05, 3.63) is 168 Å². The van der Waals surface area contributed by atoms with Crippen molar-refractivity contribution in [1.29, 1.82) is 0 Å². The molecule has 1 aliphatic carbocycles. The topological polar surface area (TPSA) is 39.1 Å². The summed E-state index contributed by atoms with van der Waals surface area (Å²) >= 11 is 0. The van der Waals surface area contributed by atoms with Crippen molar-refractivity contribution in [2.45, 2.75) is 71.6 Å². The summed E-state index contributed by atoms with van der Waals surface area (Å²) in [5.74, 6) is 0.960. The molecule has 5 nitrogen and oxygen atoms in total. The van der Waals surface area contributed by atoms with Crippen LogP contribution in [-0.4, -0.2) is 21.0 Å². The summed E-state index contributed by atoms with van der Waals surface area (Å²) in [7, 11) is 2.16. The number of hydrogen-bond donors (Lipinski definition) is 0. The molecule has 5 heterocycles. The smallest absolute Gasteiger partial charge is 0.333 e. The molecule has 6 heteroatoms.